The van der Waals surface area contributed by atoms with Crippen molar-refractivity contribution in [2.45, 2.75) is 4.84 Å². The van der Waals surface area contributed by atoms with Crippen LogP contribution in [0.3, 0.4) is 0 Å². The summed E-state index contributed by atoms with van der Waals surface area (Å²) in [6.45, 7) is 0.0739. The Kier molecular flexibility index (Phi) is 4.96. The summed E-state index contributed by atoms with van der Waals surface area (Å²) in [5, 5.41) is 4.29. The van der Waals surface area contributed by atoms with Gasteiger partial charge in [-0.1, -0.05) is 0 Å². The first kappa shape index (κ1) is 9.45. The highest BCUT2D eigenvalue weighted by Crippen LogP contribution is 1.97. The molecule has 0 aliphatic carbocycles. The van der Waals surface area contributed by atoms with Crippen LogP contribution in [-0.4, -0.2) is 17.4 Å². The average molecular weight is 186 g/mol. The van der Waals surface area contributed by atoms with Crippen LogP contribution in [0.1, 0.15) is 0 Å². The van der Waals surface area contributed by atoms with E-state index >= 15 is 0 Å². The predicted octanol–water partition coefficient (Wildman–Crippen LogP) is 0.771. The second kappa shape index (κ2) is 5.25. The van der Waals surface area contributed by atoms with E-state index in [1.165, 1.54) is 0 Å². The fraction of sp³-hybridized carbons (Fsp3) is 0.667. The van der Waals surface area contributed by atoms with Crippen molar-refractivity contribution in [3.63, 3.8) is 0 Å². The van der Waals surface area contributed by atoms with Gasteiger partial charge in [0.25, 0.3) is 0 Å². The molecule has 0 radical (unpaired) electrons. The lowest BCUT2D eigenvalue weighted by Crippen LogP contribution is -2.34. The Balaban J connectivity index is 3.30. The minimum absolute atomic E-state index is 0.0739. The van der Waals surface area contributed by atoms with Gasteiger partial charge in [0.2, 0.25) is 0 Å². The van der Waals surface area contributed by atoms with Crippen molar-refractivity contribution in [2.75, 3.05) is 6.54 Å². The van der Waals surface area contributed by atoms with E-state index in [9.17, 15) is 9.70 Å². The molecule has 0 aromatic heterocycles. The van der Waals surface area contributed by atoms with E-state index < -0.39 is 10.9 Å². The number of nitrogens with zero attached hydrogens (tertiary/aromatic N) is 1. The zero-order valence-corrected chi connectivity index (χ0v) is 6.32. The number of carbonyl (C=O) groups is 1. The Hall–Kier alpha value is -0.550. The molecule has 0 bridgehead atoms. The number of alkyl halides is 2. The van der Waals surface area contributed by atoms with E-state index in [1.54, 1.807) is 5.43 Å². The lowest BCUT2D eigenvalue weighted by molar-refractivity contribution is 0.241. The molecule has 0 rings (SSSR count). The number of hydrogen-bond acceptors (Lipinski definition) is 3. The van der Waals surface area contributed by atoms with Crippen LogP contribution in [0.2, 0.25) is 0 Å². The van der Waals surface area contributed by atoms with Gasteiger partial charge in [0.15, 0.2) is 0 Å². The number of nitrogens with one attached hydrogen (secondary N) is 2. The number of nitroso groups, excluding NO2 is 1. The molecule has 0 spiro atoms. The van der Waals surface area contributed by atoms with Crippen molar-refractivity contribution < 1.29 is 4.79 Å². The lowest BCUT2D eigenvalue weighted by atomic mass is 10.7. The maximum Gasteiger partial charge on any atom is 0.337 e. The van der Waals surface area contributed by atoms with E-state index in [0.29, 0.717) is 0 Å². The molecule has 0 aliphatic rings. The lowest BCUT2D eigenvalue weighted by Gasteiger charge is -2.01. The van der Waals surface area contributed by atoms with E-state index in [0.717, 1.165) is 0 Å². The maximum atomic E-state index is 10.3. The standard InChI is InChI=1S/C3H5Cl2N3O2/c4-2(5)1-6-3(9)7-8-10/h2H,1H2,(H2,6,7,9,10). The van der Waals surface area contributed by atoms with Gasteiger partial charge in [0, 0.05) is 6.54 Å². The van der Waals surface area contributed by atoms with Crippen LogP contribution in [0.5, 0.6) is 0 Å². The van der Waals surface area contributed by atoms with E-state index in [4.69, 9.17) is 23.2 Å². The molecule has 2 N–H and O–H groups in total. The van der Waals surface area contributed by atoms with Gasteiger partial charge in [-0.05, 0) is 0 Å². The zero-order valence-electron chi connectivity index (χ0n) is 4.80. The molecule has 0 fully saturated rings. The number of amides is 2. The SMILES string of the molecule is O=NNC(=O)NCC(Cl)Cl. The van der Waals surface area contributed by atoms with E-state index in [1.807, 2.05) is 0 Å². The molecule has 58 valence electrons. The molecule has 7 heteroatoms. The minimum Gasteiger partial charge on any atom is -0.334 e. The summed E-state index contributed by atoms with van der Waals surface area (Å²) in [5.41, 5.74) is 1.60. The molecule has 0 aliphatic heterocycles. The summed E-state index contributed by atoms with van der Waals surface area (Å²) in [7, 11) is 0. The van der Waals surface area contributed by atoms with Crippen molar-refractivity contribution >= 4 is 29.2 Å². The van der Waals surface area contributed by atoms with Gasteiger partial charge >= 0.3 is 6.03 Å². The summed E-state index contributed by atoms with van der Waals surface area (Å²) in [4.78, 5) is 19.0. The Bertz CT molecular complexity index is 129. The fourth-order valence-electron chi connectivity index (χ4n) is 0.251. The first-order chi connectivity index (χ1) is 4.66. The van der Waals surface area contributed by atoms with E-state index in [2.05, 4.69) is 10.6 Å². The van der Waals surface area contributed by atoms with Crippen molar-refractivity contribution in [1.82, 2.24) is 10.7 Å². The quantitative estimate of drug-likeness (QED) is 0.388. The second-order valence-electron chi connectivity index (χ2n) is 1.30. The Labute approximate surface area is 67.0 Å². The average Bonchev–Trinajstić information content (AvgIpc) is 1.85. The monoisotopic (exact) mass is 185 g/mol. The van der Waals surface area contributed by atoms with Gasteiger partial charge in [-0.25, -0.2) is 4.79 Å². The second-order valence-corrected chi connectivity index (χ2v) is 2.58. The van der Waals surface area contributed by atoms with E-state index in [-0.39, 0.29) is 6.54 Å². The smallest absolute Gasteiger partial charge is 0.334 e. The summed E-state index contributed by atoms with van der Waals surface area (Å²) in [6, 6.07) is -0.721. The number of urea groups is 1. The Morgan fingerprint density at radius 3 is 2.60 bits per heavy atom. The van der Waals surface area contributed by atoms with Gasteiger partial charge in [-0.15, -0.1) is 28.1 Å². The number of rotatable bonds is 3. The summed E-state index contributed by atoms with van der Waals surface area (Å²) in [5.74, 6) is 0. The summed E-state index contributed by atoms with van der Waals surface area (Å²) < 4.78 is 0. The highest BCUT2D eigenvalue weighted by atomic mass is 35.5. The summed E-state index contributed by atoms with van der Waals surface area (Å²) >= 11 is 10.5. The Morgan fingerprint density at radius 2 is 2.20 bits per heavy atom. The van der Waals surface area contributed by atoms with Gasteiger partial charge in [-0.3, -0.25) is 0 Å². The Morgan fingerprint density at radius 1 is 1.60 bits per heavy atom. The van der Waals surface area contributed by atoms with Gasteiger partial charge < -0.3 is 5.32 Å². The highest BCUT2D eigenvalue weighted by Gasteiger charge is 2.01. The molecule has 5 nitrogen and oxygen atoms in total. The molecular weight excluding hydrogens is 181 g/mol. The zero-order chi connectivity index (χ0) is 7.98. The molecule has 0 aromatic rings. The van der Waals surface area contributed by atoms with Crippen LogP contribution >= 0.6 is 23.2 Å². The van der Waals surface area contributed by atoms with Crippen LogP contribution in [0, 0.1) is 4.91 Å². The summed E-state index contributed by atoms with van der Waals surface area (Å²) in [6.07, 6.45) is 0. The van der Waals surface area contributed by atoms with Crippen LogP contribution in [0.25, 0.3) is 0 Å². The van der Waals surface area contributed by atoms with Crippen LogP contribution < -0.4 is 10.7 Å². The van der Waals surface area contributed by atoms with Gasteiger partial charge in [0.05, 0.1) is 5.29 Å². The fourth-order valence-corrected chi connectivity index (χ4v) is 0.405. The van der Waals surface area contributed by atoms with Gasteiger partial charge in [0.1, 0.15) is 4.84 Å². The third-order valence-electron chi connectivity index (χ3n) is 0.564. The van der Waals surface area contributed by atoms with Crippen molar-refractivity contribution in [2.24, 2.45) is 5.29 Å². The maximum absolute atomic E-state index is 10.3. The predicted molar refractivity (Wildman–Crippen MR) is 37.8 cm³/mol. The molecule has 0 saturated carbocycles. The topological polar surface area (TPSA) is 70.6 Å². The minimum atomic E-state index is -0.721. The molecule has 2 amide bonds. The van der Waals surface area contributed by atoms with Crippen LogP contribution in [-0.2, 0) is 0 Å². The van der Waals surface area contributed by atoms with Gasteiger partial charge in [-0.2, -0.15) is 5.43 Å². The first-order valence-electron chi connectivity index (χ1n) is 2.31. The molecule has 0 heterocycles. The largest absolute Gasteiger partial charge is 0.337 e. The van der Waals surface area contributed by atoms with Crippen LogP contribution in [0.15, 0.2) is 5.29 Å². The van der Waals surface area contributed by atoms with Crippen LogP contribution in [0.4, 0.5) is 4.79 Å². The third kappa shape index (κ3) is 5.58. The first-order valence-corrected chi connectivity index (χ1v) is 3.18. The normalized spacial score (nSPS) is 9.10. The third-order valence-corrected chi connectivity index (χ3v) is 0.873. The molecule has 0 atom stereocenters. The van der Waals surface area contributed by atoms with Crippen molar-refractivity contribution in [1.29, 1.82) is 0 Å². The molecule has 0 aromatic carbocycles. The molecule has 0 unspecified atom stereocenters. The molecule has 10 heavy (non-hydrogen) atoms. The number of carbonyl (C=O) groups excluding carboxylic acids is 1. The molecular formula is C3H5Cl2N3O2. The highest BCUT2D eigenvalue weighted by molar-refractivity contribution is 6.44. The number of halogens is 2. The molecule has 0 saturated heterocycles. The van der Waals surface area contributed by atoms with Crippen molar-refractivity contribution in [3.8, 4) is 0 Å². The number of hydrogen-bond donors (Lipinski definition) is 2. The van der Waals surface area contributed by atoms with Crippen molar-refractivity contribution in [3.05, 3.63) is 4.91 Å².